The molecule has 1 aliphatic rings. The molecule has 3 aromatic rings. The normalized spacial score (nSPS) is 15.3. The van der Waals surface area contributed by atoms with Gasteiger partial charge in [-0.05, 0) is 48.2 Å². The van der Waals surface area contributed by atoms with E-state index in [0.717, 1.165) is 11.1 Å². The Morgan fingerprint density at radius 1 is 1.00 bits per heavy atom. The molecular weight excluding hydrogens is 452 g/mol. The van der Waals surface area contributed by atoms with E-state index in [2.05, 4.69) is 0 Å². The molecule has 0 saturated carbocycles. The van der Waals surface area contributed by atoms with Crippen molar-refractivity contribution in [1.29, 1.82) is 0 Å². The number of nitrogens with zero attached hydrogens (tertiary/aromatic N) is 1. The molecule has 0 bridgehead atoms. The van der Waals surface area contributed by atoms with Crippen molar-refractivity contribution in [3.05, 3.63) is 95.6 Å². The van der Waals surface area contributed by atoms with Gasteiger partial charge in [-0.2, -0.15) is 0 Å². The summed E-state index contributed by atoms with van der Waals surface area (Å²) in [6.45, 7) is 1.47. The van der Waals surface area contributed by atoms with Gasteiger partial charge < -0.3 is 9.64 Å². The second-order valence-corrected chi connectivity index (χ2v) is 9.95. The molecule has 1 amide bonds. The highest BCUT2D eigenvalue weighted by molar-refractivity contribution is 7.89. The molecule has 0 radical (unpaired) electrons. The van der Waals surface area contributed by atoms with Gasteiger partial charge >= 0.3 is 5.97 Å². The molecule has 0 spiro atoms. The summed E-state index contributed by atoms with van der Waals surface area (Å²) in [7, 11) is -3.83. The smallest absolute Gasteiger partial charge is 0.307 e. The van der Waals surface area contributed by atoms with Crippen LogP contribution in [0.1, 0.15) is 36.0 Å². The number of hydrogen-bond donors (Lipinski definition) is 1. The number of anilines is 1. The van der Waals surface area contributed by atoms with Crippen molar-refractivity contribution in [2.45, 2.75) is 36.6 Å². The van der Waals surface area contributed by atoms with Gasteiger partial charge in [0, 0.05) is 17.6 Å². The van der Waals surface area contributed by atoms with E-state index in [1.54, 1.807) is 11.0 Å². The van der Waals surface area contributed by atoms with Gasteiger partial charge in [0.25, 0.3) is 5.91 Å². The highest BCUT2D eigenvalue weighted by atomic mass is 32.2. The summed E-state index contributed by atoms with van der Waals surface area (Å²) in [5.41, 5.74) is 3.30. The van der Waals surface area contributed by atoms with Gasteiger partial charge in [0.05, 0.1) is 11.3 Å². The predicted molar refractivity (Wildman–Crippen MR) is 129 cm³/mol. The lowest BCUT2D eigenvalue weighted by molar-refractivity contribution is -0.148. The quantitative estimate of drug-likeness (QED) is 0.524. The molecule has 0 saturated heterocycles. The number of rotatable bonds is 7. The summed E-state index contributed by atoms with van der Waals surface area (Å²) in [4.78, 5) is 27.2. The highest BCUT2D eigenvalue weighted by Gasteiger charge is 2.32. The fourth-order valence-electron chi connectivity index (χ4n) is 4.40. The first-order valence-corrected chi connectivity index (χ1v) is 12.5. The molecule has 1 heterocycles. The van der Waals surface area contributed by atoms with Gasteiger partial charge in [0.1, 0.15) is 0 Å². The zero-order valence-electron chi connectivity index (χ0n) is 18.8. The van der Waals surface area contributed by atoms with E-state index < -0.39 is 22.6 Å². The molecule has 1 aliphatic heterocycles. The van der Waals surface area contributed by atoms with Crippen LogP contribution >= 0.6 is 0 Å². The van der Waals surface area contributed by atoms with E-state index >= 15 is 0 Å². The standard InChI is InChI=1S/C26H26N2O5S/c1-18-14-21-15-22(34(27,31)32)12-13-24(21)28(18)25(29)17-33-26(30)16-23(19-8-4-2-5-9-19)20-10-6-3-7-11-20/h2-13,15,18,23H,14,16-17H2,1H3,(H2,27,31,32). The average Bonchev–Trinajstić information content (AvgIpc) is 3.16. The Morgan fingerprint density at radius 3 is 2.15 bits per heavy atom. The van der Waals surface area contributed by atoms with Crippen LogP contribution in [-0.4, -0.2) is 32.9 Å². The molecule has 34 heavy (non-hydrogen) atoms. The summed E-state index contributed by atoms with van der Waals surface area (Å²) in [6.07, 6.45) is 0.591. The Kier molecular flexibility index (Phi) is 6.81. The molecule has 8 heteroatoms. The fourth-order valence-corrected chi connectivity index (χ4v) is 4.96. The topological polar surface area (TPSA) is 107 Å². The van der Waals surface area contributed by atoms with Crippen LogP contribution in [0.3, 0.4) is 0 Å². The molecule has 2 N–H and O–H groups in total. The number of nitrogens with two attached hydrogens (primary N) is 1. The van der Waals surface area contributed by atoms with Crippen LogP contribution in [0.2, 0.25) is 0 Å². The summed E-state index contributed by atoms with van der Waals surface area (Å²) in [5, 5.41) is 5.22. The maximum atomic E-state index is 12.9. The van der Waals surface area contributed by atoms with Gasteiger partial charge in [0.2, 0.25) is 10.0 Å². The number of fused-ring (bicyclic) bond motifs is 1. The lowest BCUT2D eigenvalue weighted by atomic mass is 9.89. The molecule has 0 fully saturated rings. The van der Waals surface area contributed by atoms with Crippen LogP contribution < -0.4 is 10.0 Å². The third-order valence-electron chi connectivity index (χ3n) is 6.00. The fraction of sp³-hybridized carbons (Fsp3) is 0.231. The Labute approximate surface area is 199 Å². The van der Waals surface area contributed by atoms with Gasteiger partial charge in [-0.25, -0.2) is 13.6 Å². The number of carbonyl (C=O) groups excluding carboxylic acids is 2. The second kappa shape index (κ2) is 9.79. The number of esters is 1. The van der Waals surface area contributed by atoms with E-state index in [1.165, 1.54) is 12.1 Å². The number of carbonyl (C=O) groups is 2. The van der Waals surface area contributed by atoms with Crippen molar-refractivity contribution < 1.29 is 22.7 Å². The maximum Gasteiger partial charge on any atom is 0.307 e. The number of amides is 1. The molecule has 1 atom stereocenters. The second-order valence-electron chi connectivity index (χ2n) is 8.39. The van der Waals surface area contributed by atoms with Crippen LogP contribution in [-0.2, 0) is 30.8 Å². The Bertz CT molecular complexity index is 1250. The summed E-state index contributed by atoms with van der Waals surface area (Å²) in [6, 6.07) is 23.6. The van der Waals surface area contributed by atoms with Crippen LogP contribution in [0, 0.1) is 0 Å². The molecule has 0 aromatic heterocycles. The van der Waals surface area contributed by atoms with Crippen molar-refractivity contribution in [3.8, 4) is 0 Å². The van der Waals surface area contributed by atoms with Crippen LogP contribution in [0.5, 0.6) is 0 Å². The third kappa shape index (κ3) is 5.18. The molecule has 3 aromatic carbocycles. The number of benzene rings is 3. The van der Waals surface area contributed by atoms with E-state index in [9.17, 15) is 18.0 Å². The van der Waals surface area contributed by atoms with Crippen molar-refractivity contribution >= 4 is 27.6 Å². The molecule has 176 valence electrons. The highest BCUT2D eigenvalue weighted by Crippen LogP contribution is 2.34. The lowest BCUT2D eigenvalue weighted by Gasteiger charge is -2.23. The van der Waals surface area contributed by atoms with E-state index in [1.807, 2.05) is 67.6 Å². The third-order valence-corrected chi connectivity index (χ3v) is 6.91. The largest absolute Gasteiger partial charge is 0.456 e. The zero-order chi connectivity index (χ0) is 24.3. The first-order valence-electron chi connectivity index (χ1n) is 11.0. The lowest BCUT2D eigenvalue weighted by Crippen LogP contribution is -2.38. The first-order chi connectivity index (χ1) is 16.2. The van der Waals surface area contributed by atoms with Crippen LogP contribution in [0.25, 0.3) is 0 Å². The minimum absolute atomic E-state index is 0.00652. The van der Waals surface area contributed by atoms with Crippen molar-refractivity contribution in [2.75, 3.05) is 11.5 Å². The van der Waals surface area contributed by atoms with Gasteiger partial charge in [-0.15, -0.1) is 0 Å². The first kappa shape index (κ1) is 23.7. The van der Waals surface area contributed by atoms with Gasteiger partial charge in [0.15, 0.2) is 6.61 Å². The SMILES string of the molecule is CC1Cc2cc(S(N)(=O)=O)ccc2N1C(=O)COC(=O)CC(c1ccccc1)c1ccccc1. The Hall–Kier alpha value is -3.49. The van der Waals surface area contributed by atoms with Gasteiger partial charge in [-0.1, -0.05) is 60.7 Å². The zero-order valence-corrected chi connectivity index (χ0v) is 19.6. The molecule has 0 aliphatic carbocycles. The van der Waals surface area contributed by atoms with Crippen molar-refractivity contribution in [1.82, 2.24) is 0 Å². The minimum atomic E-state index is -3.83. The minimum Gasteiger partial charge on any atom is -0.456 e. The average molecular weight is 479 g/mol. The van der Waals surface area contributed by atoms with Crippen LogP contribution in [0.15, 0.2) is 83.8 Å². The van der Waals surface area contributed by atoms with E-state index in [-0.39, 0.29) is 29.2 Å². The number of sulfonamides is 1. The van der Waals surface area contributed by atoms with E-state index in [4.69, 9.17) is 9.88 Å². The number of ether oxygens (including phenoxy) is 1. The number of primary sulfonamides is 1. The summed E-state index contributed by atoms with van der Waals surface area (Å²) < 4.78 is 28.7. The summed E-state index contributed by atoms with van der Waals surface area (Å²) in [5.74, 6) is -1.02. The van der Waals surface area contributed by atoms with Crippen molar-refractivity contribution in [2.24, 2.45) is 5.14 Å². The van der Waals surface area contributed by atoms with E-state index in [0.29, 0.717) is 17.7 Å². The Morgan fingerprint density at radius 2 is 1.59 bits per heavy atom. The monoisotopic (exact) mass is 478 g/mol. The maximum absolute atomic E-state index is 12.9. The van der Waals surface area contributed by atoms with Crippen molar-refractivity contribution in [3.63, 3.8) is 0 Å². The predicted octanol–water partition coefficient (Wildman–Crippen LogP) is 3.38. The molecule has 4 rings (SSSR count). The Balaban J connectivity index is 1.44. The molecular formula is C26H26N2O5S. The molecule has 1 unspecified atom stereocenters. The number of hydrogen-bond acceptors (Lipinski definition) is 5. The summed E-state index contributed by atoms with van der Waals surface area (Å²) >= 11 is 0. The van der Waals surface area contributed by atoms with Crippen LogP contribution in [0.4, 0.5) is 5.69 Å². The van der Waals surface area contributed by atoms with Gasteiger partial charge in [-0.3, -0.25) is 9.59 Å². The molecule has 7 nitrogen and oxygen atoms in total.